The molecule has 0 amide bonds. The Morgan fingerprint density at radius 3 is 2.56 bits per heavy atom. The first kappa shape index (κ1) is 12.6. The average Bonchev–Trinajstić information content (AvgIpc) is 2.41. The van der Waals surface area contributed by atoms with Crippen molar-refractivity contribution >= 4 is 33.1 Å². The maximum absolute atomic E-state index is 11.6. The van der Waals surface area contributed by atoms with Crippen molar-refractivity contribution in [2.24, 2.45) is 0 Å². The molecule has 3 rings (SSSR count). The topological polar surface area (TPSA) is 45.8 Å². The van der Waals surface area contributed by atoms with Gasteiger partial charge in [-0.25, -0.2) is 4.98 Å². The summed E-state index contributed by atoms with van der Waals surface area (Å²) >= 11 is 6.00. The molecule has 0 fully saturated rings. The molecule has 0 bridgehead atoms. The van der Waals surface area contributed by atoms with E-state index in [0.717, 1.165) is 16.2 Å². The van der Waals surface area contributed by atoms with Gasteiger partial charge in [0.2, 0.25) is 0 Å². The molecule has 0 aliphatic heterocycles. The van der Waals surface area contributed by atoms with Crippen LogP contribution in [-0.4, -0.2) is 9.97 Å². The third kappa shape index (κ3) is 2.09. The standard InChI is InChI=1S/C12H7ClN2O.C2H6/c13-11-9-5-8-2-4-15-12(16)10(8)6-7(9)1-3-14-11;1-2/h1-6H,(H,15,16);1-2H3. The number of fused-ring (bicyclic) bond motifs is 2. The van der Waals surface area contributed by atoms with Crippen molar-refractivity contribution in [3.8, 4) is 0 Å². The number of rotatable bonds is 0. The molecular weight excluding hydrogens is 248 g/mol. The van der Waals surface area contributed by atoms with Crippen LogP contribution in [0.15, 0.2) is 41.5 Å². The van der Waals surface area contributed by atoms with Crippen LogP contribution in [0.1, 0.15) is 13.8 Å². The van der Waals surface area contributed by atoms with Gasteiger partial charge in [-0.05, 0) is 35.0 Å². The van der Waals surface area contributed by atoms with Gasteiger partial charge in [0.05, 0.1) is 0 Å². The van der Waals surface area contributed by atoms with Gasteiger partial charge in [-0.2, -0.15) is 0 Å². The van der Waals surface area contributed by atoms with Crippen molar-refractivity contribution in [1.29, 1.82) is 0 Å². The molecule has 0 aliphatic carbocycles. The van der Waals surface area contributed by atoms with Crippen LogP contribution in [0.2, 0.25) is 5.15 Å². The highest BCUT2D eigenvalue weighted by Gasteiger charge is 2.04. The normalized spacial score (nSPS) is 10.2. The molecule has 0 spiro atoms. The van der Waals surface area contributed by atoms with Crippen molar-refractivity contribution in [1.82, 2.24) is 9.97 Å². The third-order valence-corrected chi connectivity index (χ3v) is 2.91. The molecule has 18 heavy (non-hydrogen) atoms. The molecule has 2 aromatic heterocycles. The summed E-state index contributed by atoms with van der Waals surface area (Å²) in [4.78, 5) is 18.3. The summed E-state index contributed by atoms with van der Waals surface area (Å²) in [6, 6.07) is 7.40. The average molecular weight is 261 g/mol. The number of hydrogen-bond acceptors (Lipinski definition) is 2. The molecule has 0 atom stereocenters. The summed E-state index contributed by atoms with van der Waals surface area (Å²) in [6.07, 6.45) is 3.26. The summed E-state index contributed by atoms with van der Waals surface area (Å²) in [5.74, 6) is 0. The predicted molar refractivity (Wildman–Crippen MR) is 76.2 cm³/mol. The first-order valence-corrected chi connectivity index (χ1v) is 6.19. The Morgan fingerprint density at radius 1 is 1.11 bits per heavy atom. The van der Waals surface area contributed by atoms with Gasteiger partial charge in [0.1, 0.15) is 5.15 Å². The van der Waals surface area contributed by atoms with Crippen LogP contribution in [0.4, 0.5) is 0 Å². The Kier molecular flexibility index (Phi) is 3.63. The maximum Gasteiger partial charge on any atom is 0.255 e. The monoisotopic (exact) mass is 260 g/mol. The fourth-order valence-corrected chi connectivity index (χ4v) is 2.04. The third-order valence-electron chi connectivity index (χ3n) is 2.61. The molecule has 0 unspecified atom stereocenters. The van der Waals surface area contributed by atoms with Gasteiger partial charge < -0.3 is 4.98 Å². The molecule has 3 nitrogen and oxygen atoms in total. The van der Waals surface area contributed by atoms with Crippen LogP contribution in [0.3, 0.4) is 0 Å². The lowest BCUT2D eigenvalue weighted by Gasteiger charge is -2.02. The summed E-state index contributed by atoms with van der Waals surface area (Å²) in [6.45, 7) is 4.00. The van der Waals surface area contributed by atoms with Gasteiger partial charge in [-0.3, -0.25) is 4.79 Å². The molecule has 0 radical (unpaired) electrons. The van der Waals surface area contributed by atoms with E-state index in [0.29, 0.717) is 10.5 Å². The van der Waals surface area contributed by atoms with Gasteiger partial charge in [-0.1, -0.05) is 25.4 Å². The molecular formula is C14H13ClN2O. The predicted octanol–water partition coefficient (Wildman–Crippen LogP) is 3.76. The van der Waals surface area contributed by atoms with Crippen LogP contribution < -0.4 is 5.56 Å². The Hall–Kier alpha value is -1.87. The zero-order valence-electron chi connectivity index (χ0n) is 10.2. The number of nitrogens with one attached hydrogen (secondary N) is 1. The number of aromatic amines is 1. The number of benzene rings is 1. The molecule has 0 saturated carbocycles. The van der Waals surface area contributed by atoms with E-state index < -0.39 is 0 Å². The molecule has 2 heterocycles. The molecule has 0 aliphatic rings. The Labute approximate surface area is 109 Å². The Morgan fingerprint density at radius 2 is 1.78 bits per heavy atom. The molecule has 0 saturated heterocycles. The van der Waals surface area contributed by atoms with Gasteiger partial charge in [-0.15, -0.1) is 0 Å². The second-order valence-corrected chi connectivity index (χ2v) is 3.93. The zero-order chi connectivity index (χ0) is 13.1. The van der Waals surface area contributed by atoms with Gasteiger partial charge >= 0.3 is 0 Å². The van der Waals surface area contributed by atoms with Crippen LogP contribution in [0.25, 0.3) is 21.5 Å². The molecule has 92 valence electrons. The van der Waals surface area contributed by atoms with Crippen LogP contribution in [-0.2, 0) is 0 Å². The highest BCUT2D eigenvalue weighted by molar-refractivity contribution is 6.34. The molecule has 4 heteroatoms. The highest BCUT2D eigenvalue weighted by Crippen LogP contribution is 2.24. The van der Waals surface area contributed by atoms with Crippen molar-refractivity contribution in [3.63, 3.8) is 0 Å². The lowest BCUT2D eigenvalue weighted by Crippen LogP contribution is -2.04. The van der Waals surface area contributed by atoms with E-state index in [1.807, 2.05) is 38.1 Å². The fraction of sp³-hybridized carbons (Fsp3) is 0.143. The fourth-order valence-electron chi connectivity index (χ4n) is 1.82. The zero-order valence-corrected chi connectivity index (χ0v) is 11.0. The SMILES string of the molecule is CC.O=c1[nH]ccc2cc3c(Cl)nccc3cc12. The van der Waals surface area contributed by atoms with E-state index in [2.05, 4.69) is 9.97 Å². The quantitative estimate of drug-likeness (QED) is 0.494. The van der Waals surface area contributed by atoms with E-state index in [1.54, 1.807) is 12.4 Å². The minimum atomic E-state index is -0.0904. The Bertz CT molecular complexity index is 749. The number of hydrogen-bond donors (Lipinski definition) is 1. The van der Waals surface area contributed by atoms with Crippen LogP contribution in [0.5, 0.6) is 0 Å². The summed E-state index contributed by atoms with van der Waals surface area (Å²) in [7, 11) is 0. The van der Waals surface area contributed by atoms with E-state index in [-0.39, 0.29) is 5.56 Å². The number of nitrogens with zero attached hydrogens (tertiary/aromatic N) is 1. The van der Waals surface area contributed by atoms with E-state index >= 15 is 0 Å². The largest absolute Gasteiger partial charge is 0.329 e. The second-order valence-electron chi connectivity index (χ2n) is 3.57. The van der Waals surface area contributed by atoms with Crippen molar-refractivity contribution in [2.45, 2.75) is 13.8 Å². The van der Waals surface area contributed by atoms with Crippen molar-refractivity contribution < 1.29 is 0 Å². The second kappa shape index (κ2) is 5.19. The Balaban J connectivity index is 0.000000574. The molecule has 1 aromatic carbocycles. The van der Waals surface area contributed by atoms with Gasteiger partial charge in [0, 0.05) is 23.2 Å². The smallest absolute Gasteiger partial charge is 0.255 e. The number of halogens is 1. The lowest BCUT2D eigenvalue weighted by atomic mass is 10.1. The molecule has 3 aromatic rings. The van der Waals surface area contributed by atoms with Crippen molar-refractivity contribution in [3.05, 3.63) is 52.2 Å². The highest BCUT2D eigenvalue weighted by atomic mass is 35.5. The van der Waals surface area contributed by atoms with Crippen molar-refractivity contribution in [2.75, 3.05) is 0 Å². The summed E-state index contributed by atoms with van der Waals surface area (Å²) < 4.78 is 0. The van der Waals surface area contributed by atoms with E-state index in [4.69, 9.17) is 11.6 Å². The maximum atomic E-state index is 11.6. The van der Waals surface area contributed by atoms with Crippen LogP contribution in [0, 0.1) is 0 Å². The number of H-pyrrole nitrogens is 1. The van der Waals surface area contributed by atoms with Crippen LogP contribution >= 0.6 is 11.6 Å². The first-order valence-electron chi connectivity index (χ1n) is 5.81. The number of aromatic nitrogens is 2. The van der Waals surface area contributed by atoms with E-state index in [9.17, 15) is 4.79 Å². The minimum Gasteiger partial charge on any atom is -0.329 e. The summed E-state index contributed by atoms with van der Waals surface area (Å²) in [5, 5.41) is 3.77. The lowest BCUT2D eigenvalue weighted by molar-refractivity contribution is 1.28. The molecule has 1 N–H and O–H groups in total. The van der Waals surface area contributed by atoms with E-state index in [1.165, 1.54) is 0 Å². The van der Waals surface area contributed by atoms with Gasteiger partial charge in [0.15, 0.2) is 0 Å². The number of pyridine rings is 2. The first-order chi connectivity index (χ1) is 8.75. The van der Waals surface area contributed by atoms with Gasteiger partial charge in [0.25, 0.3) is 5.56 Å². The minimum absolute atomic E-state index is 0.0904. The summed E-state index contributed by atoms with van der Waals surface area (Å²) in [5.41, 5.74) is -0.0904.